The number of rotatable bonds is 3. The van der Waals surface area contributed by atoms with E-state index in [1.807, 2.05) is 19.2 Å². The first-order valence-electron chi connectivity index (χ1n) is 4.41. The summed E-state index contributed by atoms with van der Waals surface area (Å²) in [5.74, 6) is 0.496. The van der Waals surface area contributed by atoms with Crippen molar-refractivity contribution in [2.75, 3.05) is 0 Å². The summed E-state index contributed by atoms with van der Waals surface area (Å²) in [6.07, 6.45) is 5.92. The van der Waals surface area contributed by atoms with Gasteiger partial charge < -0.3 is 0 Å². The Morgan fingerprint density at radius 3 is 2.17 bits per heavy atom. The van der Waals surface area contributed by atoms with Gasteiger partial charge in [-0.1, -0.05) is 25.5 Å². The van der Waals surface area contributed by atoms with E-state index in [0.717, 1.165) is 5.71 Å². The molecule has 0 aliphatic rings. The summed E-state index contributed by atoms with van der Waals surface area (Å²) in [4.78, 5) is 4.34. The van der Waals surface area contributed by atoms with Crippen LogP contribution in [0, 0.1) is 5.92 Å². The van der Waals surface area contributed by atoms with Gasteiger partial charge in [0.1, 0.15) is 0 Å². The smallest absolute Gasteiger partial charge is 0.0428 e. The normalized spacial score (nSPS) is 12.7. The topological polar surface area (TPSA) is 12.4 Å². The first-order chi connectivity index (χ1) is 5.57. The van der Waals surface area contributed by atoms with Crippen molar-refractivity contribution in [2.45, 2.75) is 34.6 Å². The summed E-state index contributed by atoms with van der Waals surface area (Å²) in [5, 5.41) is 0. The zero-order chi connectivity index (χ0) is 9.56. The number of nitrogens with zero attached hydrogens (tertiary/aromatic N) is 1. The van der Waals surface area contributed by atoms with Crippen molar-refractivity contribution < 1.29 is 0 Å². The highest BCUT2D eigenvalue weighted by atomic mass is 14.7. The van der Waals surface area contributed by atoms with Gasteiger partial charge in [0.25, 0.3) is 0 Å². The lowest BCUT2D eigenvalue weighted by atomic mass is 10.1. The number of hydrogen-bond donors (Lipinski definition) is 0. The van der Waals surface area contributed by atoms with Gasteiger partial charge in [-0.05, 0) is 32.8 Å². The fourth-order valence-corrected chi connectivity index (χ4v) is 0.809. The molecule has 0 saturated heterocycles. The third-order valence-corrected chi connectivity index (χ3v) is 1.40. The van der Waals surface area contributed by atoms with E-state index < -0.39 is 0 Å². The third-order valence-electron chi connectivity index (χ3n) is 1.40. The molecule has 0 unspecified atom stereocenters. The van der Waals surface area contributed by atoms with Crippen LogP contribution in [0.5, 0.6) is 0 Å². The van der Waals surface area contributed by atoms with Gasteiger partial charge in [0.05, 0.1) is 0 Å². The lowest BCUT2D eigenvalue weighted by Gasteiger charge is -2.03. The molecule has 0 aliphatic carbocycles. The summed E-state index contributed by atoms with van der Waals surface area (Å²) in [6, 6.07) is 0. The predicted molar refractivity (Wildman–Crippen MR) is 56.5 cm³/mol. The van der Waals surface area contributed by atoms with E-state index in [-0.39, 0.29) is 0 Å². The minimum Gasteiger partial charge on any atom is -0.261 e. The van der Waals surface area contributed by atoms with Crippen molar-refractivity contribution in [3.63, 3.8) is 0 Å². The van der Waals surface area contributed by atoms with E-state index in [4.69, 9.17) is 0 Å². The summed E-state index contributed by atoms with van der Waals surface area (Å²) in [5.41, 5.74) is 2.44. The van der Waals surface area contributed by atoms with Crippen molar-refractivity contribution in [1.82, 2.24) is 0 Å². The Labute approximate surface area is 75.9 Å². The highest BCUT2D eigenvalue weighted by Crippen LogP contribution is 2.02. The molecule has 0 amide bonds. The number of hydrogen-bond acceptors (Lipinski definition) is 1. The second kappa shape index (κ2) is 5.76. The molecule has 0 heterocycles. The summed E-state index contributed by atoms with van der Waals surface area (Å²) in [6.45, 7) is 10.5. The fourth-order valence-electron chi connectivity index (χ4n) is 0.809. The standard InChI is InChI=1S/C11H19N/c1-6-7-12-11(10(4)5)8-9(2)3/h6-8,10H,1-5H3/b7-6+,12-11?. The Morgan fingerprint density at radius 1 is 1.25 bits per heavy atom. The Balaban J connectivity index is 4.55. The van der Waals surface area contributed by atoms with E-state index in [1.54, 1.807) is 0 Å². The largest absolute Gasteiger partial charge is 0.261 e. The van der Waals surface area contributed by atoms with Crippen LogP contribution in [0.25, 0.3) is 0 Å². The van der Waals surface area contributed by atoms with Gasteiger partial charge in [-0.15, -0.1) is 0 Å². The molecule has 1 nitrogen and oxygen atoms in total. The molecule has 0 radical (unpaired) electrons. The summed E-state index contributed by atoms with van der Waals surface area (Å²) in [7, 11) is 0. The van der Waals surface area contributed by atoms with Crippen LogP contribution in [-0.2, 0) is 0 Å². The molecule has 0 atom stereocenters. The van der Waals surface area contributed by atoms with E-state index in [9.17, 15) is 0 Å². The maximum Gasteiger partial charge on any atom is 0.0428 e. The van der Waals surface area contributed by atoms with Crippen molar-refractivity contribution in [3.05, 3.63) is 23.9 Å². The van der Waals surface area contributed by atoms with E-state index >= 15 is 0 Å². The molecule has 68 valence electrons. The fraction of sp³-hybridized carbons (Fsp3) is 0.545. The molecular weight excluding hydrogens is 146 g/mol. The van der Waals surface area contributed by atoms with Crippen LogP contribution in [0.15, 0.2) is 28.9 Å². The SMILES string of the molecule is C/C=C/N=C(C=C(C)C)C(C)C. The first-order valence-corrected chi connectivity index (χ1v) is 4.41. The van der Waals surface area contributed by atoms with Crippen LogP contribution in [0.3, 0.4) is 0 Å². The van der Waals surface area contributed by atoms with Gasteiger partial charge >= 0.3 is 0 Å². The Bertz CT molecular complexity index is 203. The van der Waals surface area contributed by atoms with Gasteiger partial charge in [0, 0.05) is 11.9 Å². The summed E-state index contributed by atoms with van der Waals surface area (Å²) >= 11 is 0. The van der Waals surface area contributed by atoms with Gasteiger partial charge in [-0.3, -0.25) is 4.99 Å². The molecule has 0 bridgehead atoms. The van der Waals surface area contributed by atoms with Crippen LogP contribution < -0.4 is 0 Å². The molecule has 0 aromatic rings. The predicted octanol–water partition coefficient (Wildman–Crippen LogP) is 3.58. The molecule has 0 saturated carbocycles. The monoisotopic (exact) mass is 165 g/mol. The zero-order valence-electron chi connectivity index (χ0n) is 8.76. The lowest BCUT2D eigenvalue weighted by Crippen LogP contribution is -2.03. The highest BCUT2D eigenvalue weighted by Gasteiger charge is 1.99. The molecular formula is C11H19N. The number of aliphatic imine (C=N–C) groups is 1. The molecule has 0 rings (SSSR count). The van der Waals surface area contributed by atoms with Gasteiger partial charge in [-0.2, -0.15) is 0 Å². The molecule has 0 spiro atoms. The van der Waals surface area contributed by atoms with Gasteiger partial charge in [-0.25, -0.2) is 0 Å². The van der Waals surface area contributed by atoms with Crippen LogP contribution in [0.2, 0.25) is 0 Å². The molecule has 0 aromatic carbocycles. The van der Waals surface area contributed by atoms with Crippen LogP contribution in [-0.4, -0.2) is 5.71 Å². The quantitative estimate of drug-likeness (QED) is 0.567. The highest BCUT2D eigenvalue weighted by molar-refractivity contribution is 5.97. The van der Waals surface area contributed by atoms with Gasteiger partial charge in [0.2, 0.25) is 0 Å². The molecule has 1 heteroatoms. The molecule has 0 N–H and O–H groups in total. The molecule has 12 heavy (non-hydrogen) atoms. The van der Waals surface area contributed by atoms with E-state index in [2.05, 4.69) is 38.8 Å². The minimum atomic E-state index is 0.496. The van der Waals surface area contributed by atoms with Crippen molar-refractivity contribution >= 4 is 5.71 Å². The Kier molecular flexibility index (Phi) is 5.35. The molecule has 0 aliphatic heterocycles. The van der Waals surface area contributed by atoms with Crippen LogP contribution in [0.1, 0.15) is 34.6 Å². The average Bonchev–Trinajstić information content (AvgIpc) is 1.96. The van der Waals surface area contributed by atoms with Crippen LogP contribution in [0.4, 0.5) is 0 Å². The first kappa shape index (κ1) is 11.2. The average molecular weight is 165 g/mol. The zero-order valence-corrected chi connectivity index (χ0v) is 8.76. The molecule has 0 fully saturated rings. The minimum absolute atomic E-state index is 0.496. The second-order valence-corrected chi connectivity index (χ2v) is 3.41. The summed E-state index contributed by atoms with van der Waals surface area (Å²) < 4.78 is 0. The van der Waals surface area contributed by atoms with Crippen molar-refractivity contribution in [3.8, 4) is 0 Å². The lowest BCUT2D eigenvalue weighted by molar-refractivity contribution is 0.887. The second-order valence-electron chi connectivity index (χ2n) is 3.41. The maximum absolute atomic E-state index is 4.34. The van der Waals surface area contributed by atoms with Crippen LogP contribution >= 0.6 is 0 Å². The van der Waals surface area contributed by atoms with E-state index in [1.165, 1.54) is 5.57 Å². The van der Waals surface area contributed by atoms with Crippen molar-refractivity contribution in [2.24, 2.45) is 10.9 Å². The number of allylic oxidation sites excluding steroid dienone is 3. The Hall–Kier alpha value is -0.850. The molecule has 0 aromatic heterocycles. The van der Waals surface area contributed by atoms with Crippen molar-refractivity contribution in [1.29, 1.82) is 0 Å². The van der Waals surface area contributed by atoms with E-state index in [0.29, 0.717) is 5.92 Å². The maximum atomic E-state index is 4.34. The van der Waals surface area contributed by atoms with Gasteiger partial charge in [0.15, 0.2) is 0 Å². The third kappa shape index (κ3) is 4.89. The Morgan fingerprint density at radius 2 is 1.83 bits per heavy atom.